The highest BCUT2D eigenvalue weighted by Crippen LogP contribution is 2.24. The number of aromatic hydroxyl groups is 1. The van der Waals surface area contributed by atoms with Crippen molar-refractivity contribution in [2.45, 2.75) is 20.8 Å². The number of carbonyl (C=O) groups excluding carboxylic acids is 1. The molecule has 0 radical (unpaired) electrons. The average Bonchev–Trinajstić information content (AvgIpc) is 2.76. The zero-order valence-corrected chi connectivity index (χ0v) is 20.0. The first-order valence-corrected chi connectivity index (χ1v) is 11.2. The molecule has 1 heterocycles. The molecule has 2 aromatic carbocycles. The molecule has 3 rings (SSSR count). The van der Waals surface area contributed by atoms with E-state index in [2.05, 4.69) is 10.3 Å². The van der Waals surface area contributed by atoms with E-state index in [0.29, 0.717) is 11.4 Å². The summed E-state index contributed by atoms with van der Waals surface area (Å²) in [7, 11) is 2.69. The molecule has 9 heteroatoms. The summed E-state index contributed by atoms with van der Waals surface area (Å²) in [5.74, 6) is -0.842. The zero-order valence-electron chi connectivity index (χ0n) is 19.2. The second-order valence-corrected chi connectivity index (χ2v) is 8.78. The lowest BCUT2D eigenvalue weighted by Crippen LogP contribution is -2.39. The minimum Gasteiger partial charge on any atom is -0.494 e. The fourth-order valence-electron chi connectivity index (χ4n) is 3.27. The Morgan fingerprint density at radius 1 is 1.03 bits per heavy atom. The fraction of sp³-hybridized carbons (Fsp3) is 0.250. The molecule has 3 aromatic rings. The third-order valence-corrected chi connectivity index (χ3v) is 6.05. The molecule has 0 aliphatic heterocycles. The van der Waals surface area contributed by atoms with Gasteiger partial charge < -0.3 is 10.4 Å². The summed E-state index contributed by atoms with van der Waals surface area (Å²) in [6.07, 6.45) is 0. The van der Waals surface area contributed by atoms with Crippen molar-refractivity contribution in [3.05, 3.63) is 85.6 Å². The van der Waals surface area contributed by atoms with Gasteiger partial charge in [-0.25, -0.2) is 9.79 Å². The van der Waals surface area contributed by atoms with Gasteiger partial charge in [-0.3, -0.25) is 18.7 Å². The van der Waals surface area contributed by atoms with E-state index in [1.165, 1.54) is 14.1 Å². The van der Waals surface area contributed by atoms with Crippen molar-refractivity contribution in [3.63, 3.8) is 0 Å². The van der Waals surface area contributed by atoms with E-state index in [1.54, 1.807) is 6.07 Å². The van der Waals surface area contributed by atoms with Crippen LogP contribution in [0.5, 0.6) is 5.88 Å². The van der Waals surface area contributed by atoms with Crippen LogP contribution in [-0.2, 0) is 18.9 Å². The Morgan fingerprint density at radius 2 is 1.73 bits per heavy atom. The maximum atomic E-state index is 12.9. The van der Waals surface area contributed by atoms with Gasteiger partial charge in [0, 0.05) is 19.8 Å². The summed E-state index contributed by atoms with van der Waals surface area (Å²) in [6, 6.07) is 13.0. The molecule has 0 bridgehead atoms. The number of amides is 1. The van der Waals surface area contributed by atoms with Gasteiger partial charge in [-0.1, -0.05) is 41.6 Å². The summed E-state index contributed by atoms with van der Waals surface area (Å²) in [4.78, 5) is 42.2. The maximum absolute atomic E-state index is 12.9. The SMILES string of the molecule is Cc1cccc(N=C(SCC(=O)Nc2ccc(C)cc2C)c2c(O)n(C)c(=O)n(C)c2=O)c1. The Bertz CT molecular complexity index is 1370. The van der Waals surface area contributed by atoms with Crippen LogP contribution in [-0.4, -0.2) is 30.9 Å². The third kappa shape index (κ3) is 5.43. The molecule has 172 valence electrons. The van der Waals surface area contributed by atoms with Gasteiger partial charge in [-0.05, 0) is 50.1 Å². The first-order chi connectivity index (χ1) is 15.6. The van der Waals surface area contributed by atoms with Crippen molar-refractivity contribution in [2.24, 2.45) is 19.1 Å². The van der Waals surface area contributed by atoms with Crippen molar-refractivity contribution in [3.8, 4) is 5.88 Å². The molecule has 0 aliphatic rings. The van der Waals surface area contributed by atoms with Gasteiger partial charge in [0.25, 0.3) is 5.56 Å². The van der Waals surface area contributed by atoms with Crippen molar-refractivity contribution in [1.82, 2.24) is 9.13 Å². The Hall–Kier alpha value is -3.59. The lowest BCUT2D eigenvalue weighted by Gasteiger charge is -2.13. The zero-order chi connectivity index (χ0) is 24.3. The fourth-order valence-corrected chi connectivity index (χ4v) is 4.10. The van der Waals surface area contributed by atoms with Crippen LogP contribution >= 0.6 is 11.8 Å². The number of nitrogens with zero attached hydrogens (tertiary/aromatic N) is 3. The van der Waals surface area contributed by atoms with E-state index < -0.39 is 17.1 Å². The molecule has 1 amide bonds. The molecule has 0 aliphatic carbocycles. The molecule has 0 fully saturated rings. The van der Waals surface area contributed by atoms with Crippen LogP contribution in [0, 0.1) is 20.8 Å². The molecule has 0 saturated carbocycles. The summed E-state index contributed by atoms with van der Waals surface area (Å²) in [5.41, 5.74) is 2.76. The highest BCUT2D eigenvalue weighted by Gasteiger charge is 2.22. The van der Waals surface area contributed by atoms with Crippen molar-refractivity contribution in [2.75, 3.05) is 11.1 Å². The van der Waals surface area contributed by atoms with E-state index in [1.807, 2.05) is 57.2 Å². The minimum absolute atomic E-state index is 0.0522. The normalized spacial score (nSPS) is 11.5. The van der Waals surface area contributed by atoms with E-state index in [0.717, 1.165) is 37.6 Å². The number of hydrogen-bond acceptors (Lipinski definition) is 6. The van der Waals surface area contributed by atoms with E-state index in [9.17, 15) is 19.5 Å². The predicted molar refractivity (Wildman–Crippen MR) is 133 cm³/mol. The minimum atomic E-state index is -0.690. The molecule has 0 unspecified atom stereocenters. The molecule has 0 spiro atoms. The van der Waals surface area contributed by atoms with Gasteiger partial charge in [-0.2, -0.15) is 0 Å². The van der Waals surface area contributed by atoms with Crippen molar-refractivity contribution in [1.29, 1.82) is 0 Å². The maximum Gasteiger partial charge on any atom is 0.333 e. The van der Waals surface area contributed by atoms with Crippen LogP contribution in [0.15, 0.2) is 57.0 Å². The number of rotatable bonds is 5. The number of aliphatic imine (C=N–C) groups is 1. The van der Waals surface area contributed by atoms with E-state index >= 15 is 0 Å². The van der Waals surface area contributed by atoms with Crippen LogP contribution < -0.4 is 16.6 Å². The topological polar surface area (TPSA) is 106 Å². The van der Waals surface area contributed by atoms with Crippen molar-refractivity contribution >= 4 is 34.1 Å². The predicted octanol–water partition coefficient (Wildman–Crippen LogP) is 3.17. The Kier molecular flexibility index (Phi) is 7.23. The summed E-state index contributed by atoms with van der Waals surface area (Å²) >= 11 is 1.01. The molecule has 0 saturated heterocycles. The molecule has 1 aromatic heterocycles. The second-order valence-electron chi connectivity index (χ2n) is 7.82. The van der Waals surface area contributed by atoms with Crippen LogP contribution in [0.4, 0.5) is 11.4 Å². The highest BCUT2D eigenvalue weighted by molar-refractivity contribution is 8.15. The van der Waals surface area contributed by atoms with Gasteiger partial charge in [0.05, 0.1) is 11.4 Å². The monoisotopic (exact) mass is 466 g/mol. The second kappa shape index (κ2) is 9.91. The molecule has 8 nitrogen and oxygen atoms in total. The van der Waals surface area contributed by atoms with E-state index in [4.69, 9.17) is 0 Å². The summed E-state index contributed by atoms with van der Waals surface area (Å²) in [6.45, 7) is 5.79. The highest BCUT2D eigenvalue weighted by atomic mass is 32.2. The smallest absolute Gasteiger partial charge is 0.333 e. The number of hydrogen-bond donors (Lipinski definition) is 2. The van der Waals surface area contributed by atoms with Crippen LogP contribution in [0.1, 0.15) is 22.3 Å². The summed E-state index contributed by atoms with van der Waals surface area (Å²) < 4.78 is 1.87. The number of benzene rings is 2. The molecule has 2 N–H and O–H groups in total. The Labute approximate surface area is 195 Å². The molecule has 33 heavy (non-hydrogen) atoms. The number of nitrogens with one attached hydrogen (secondary N) is 1. The number of carbonyl (C=O) groups is 1. The van der Waals surface area contributed by atoms with Gasteiger partial charge in [0.1, 0.15) is 10.6 Å². The number of aromatic nitrogens is 2. The quantitative estimate of drug-likeness (QED) is 0.444. The van der Waals surface area contributed by atoms with Gasteiger partial charge in [0.15, 0.2) is 0 Å². The Morgan fingerprint density at radius 3 is 2.39 bits per heavy atom. The lowest BCUT2D eigenvalue weighted by molar-refractivity contribution is -0.113. The van der Waals surface area contributed by atoms with Crippen LogP contribution in [0.2, 0.25) is 0 Å². The average molecular weight is 467 g/mol. The van der Waals surface area contributed by atoms with Crippen molar-refractivity contribution < 1.29 is 9.90 Å². The molecule has 0 atom stereocenters. The van der Waals surface area contributed by atoms with Gasteiger partial charge in [-0.15, -0.1) is 0 Å². The third-order valence-electron chi connectivity index (χ3n) is 5.08. The van der Waals surface area contributed by atoms with Crippen LogP contribution in [0.25, 0.3) is 0 Å². The number of anilines is 1. The largest absolute Gasteiger partial charge is 0.494 e. The Balaban J connectivity index is 1.98. The van der Waals surface area contributed by atoms with E-state index in [-0.39, 0.29) is 22.3 Å². The van der Waals surface area contributed by atoms with Gasteiger partial charge in [0.2, 0.25) is 11.8 Å². The lowest BCUT2D eigenvalue weighted by atomic mass is 10.1. The molecular formula is C24H26N4O4S. The van der Waals surface area contributed by atoms with Gasteiger partial charge >= 0.3 is 5.69 Å². The number of thioether (sulfide) groups is 1. The number of aryl methyl sites for hydroxylation is 3. The van der Waals surface area contributed by atoms with Crippen LogP contribution in [0.3, 0.4) is 0 Å². The molecular weight excluding hydrogens is 440 g/mol. The summed E-state index contributed by atoms with van der Waals surface area (Å²) in [5, 5.41) is 13.6. The first kappa shape index (κ1) is 24.1. The first-order valence-electron chi connectivity index (χ1n) is 10.2. The standard InChI is InChI=1S/C24H26N4O4S/c1-14-7-6-8-17(12-14)25-21(20-22(30)27(4)24(32)28(5)23(20)31)33-13-19(29)26-18-10-9-15(2)11-16(18)3/h6-12,30H,13H2,1-5H3,(H,26,29).